The zero-order valence-corrected chi connectivity index (χ0v) is 18.8. The summed E-state index contributed by atoms with van der Waals surface area (Å²) in [6.45, 7) is 2.94. The van der Waals surface area contributed by atoms with Gasteiger partial charge in [0.1, 0.15) is 5.01 Å². The minimum Gasteiger partial charge on any atom is -0.451 e. The van der Waals surface area contributed by atoms with E-state index in [-0.39, 0.29) is 16.7 Å². The summed E-state index contributed by atoms with van der Waals surface area (Å²) in [4.78, 5) is 43.8. The van der Waals surface area contributed by atoms with Gasteiger partial charge in [0.2, 0.25) is 5.91 Å². The predicted molar refractivity (Wildman–Crippen MR) is 125 cm³/mol. The van der Waals surface area contributed by atoms with Crippen LogP contribution >= 0.6 is 22.7 Å². The van der Waals surface area contributed by atoms with Crippen molar-refractivity contribution in [1.82, 2.24) is 9.97 Å². The molecule has 4 rings (SSSR count). The zero-order valence-electron chi connectivity index (χ0n) is 17.2. The third-order valence-corrected chi connectivity index (χ3v) is 6.12. The van der Waals surface area contributed by atoms with Crippen molar-refractivity contribution >= 4 is 61.5 Å². The molecule has 4 aromatic rings. The number of fused-ring (bicyclic) bond motifs is 1. The highest BCUT2D eigenvalue weighted by Gasteiger charge is 2.15. The number of thiazole rings is 2. The summed E-state index contributed by atoms with van der Waals surface area (Å²) in [7, 11) is 0. The van der Waals surface area contributed by atoms with Gasteiger partial charge in [0.25, 0.3) is 5.91 Å². The molecule has 32 heavy (non-hydrogen) atoms. The average molecular weight is 467 g/mol. The lowest BCUT2D eigenvalue weighted by molar-refractivity contribution is -0.119. The Morgan fingerprint density at radius 3 is 2.56 bits per heavy atom. The topological polar surface area (TPSA) is 110 Å². The molecular weight excluding hydrogens is 448 g/mol. The Bertz CT molecular complexity index is 1310. The SMILES string of the molecule is CC(=O)Nc1nc(C(=O)OCC(=O)Nc2ccc(-c3nc4ccc(C)cc4s3)cc2)cs1. The first-order valence-corrected chi connectivity index (χ1v) is 11.2. The van der Waals surface area contributed by atoms with Crippen LogP contribution in [-0.2, 0) is 14.3 Å². The van der Waals surface area contributed by atoms with E-state index < -0.39 is 18.5 Å². The summed E-state index contributed by atoms with van der Waals surface area (Å²) in [5.41, 5.74) is 3.70. The molecule has 0 aliphatic carbocycles. The van der Waals surface area contributed by atoms with E-state index in [0.29, 0.717) is 5.69 Å². The van der Waals surface area contributed by atoms with Crippen molar-refractivity contribution in [2.24, 2.45) is 0 Å². The molecule has 0 aliphatic heterocycles. The van der Waals surface area contributed by atoms with E-state index >= 15 is 0 Å². The molecule has 2 amide bonds. The van der Waals surface area contributed by atoms with Crippen LogP contribution in [0.25, 0.3) is 20.8 Å². The highest BCUT2D eigenvalue weighted by molar-refractivity contribution is 7.21. The standard InChI is InChI=1S/C22H18N4O4S2/c1-12-3-8-16-18(9-12)32-20(25-16)14-4-6-15(7-5-14)24-19(28)10-30-21(29)17-11-31-22(26-17)23-13(2)27/h3-9,11H,10H2,1-2H3,(H,24,28)(H,23,26,27). The van der Waals surface area contributed by atoms with Crippen LogP contribution in [0, 0.1) is 6.92 Å². The third kappa shape index (κ3) is 5.16. The molecule has 2 aromatic heterocycles. The molecule has 0 unspecified atom stereocenters. The van der Waals surface area contributed by atoms with E-state index in [4.69, 9.17) is 4.74 Å². The first-order valence-electron chi connectivity index (χ1n) is 9.55. The lowest BCUT2D eigenvalue weighted by Gasteiger charge is -2.06. The maximum atomic E-state index is 12.1. The number of carbonyl (C=O) groups excluding carboxylic acids is 3. The molecule has 0 fully saturated rings. The highest BCUT2D eigenvalue weighted by atomic mass is 32.1. The van der Waals surface area contributed by atoms with Crippen LogP contribution in [0.3, 0.4) is 0 Å². The molecule has 0 saturated carbocycles. The van der Waals surface area contributed by atoms with Gasteiger partial charge in [0.15, 0.2) is 17.4 Å². The third-order valence-electron chi connectivity index (χ3n) is 4.29. The van der Waals surface area contributed by atoms with Crippen molar-refractivity contribution in [3.63, 3.8) is 0 Å². The van der Waals surface area contributed by atoms with E-state index in [2.05, 4.69) is 26.7 Å². The predicted octanol–water partition coefficient (Wildman–Crippen LogP) is 4.48. The largest absolute Gasteiger partial charge is 0.451 e. The Morgan fingerprint density at radius 2 is 1.81 bits per heavy atom. The van der Waals surface area contributed by atoms with E-state index in [1.807, 2.05) is 31.2 Å². The van der Waals surface area contributed by atoms with Crippen molar-refractivity contribution in [3.05, 3.63) is 59.1 Å². The summed E-state index contributed by atoms with van der Waals surface area (Å²) in [6, 6.07) is 13.5. The van der Waals surface area contributed by atoms with Crippen molar-refractivity contribution < 1.29 is 19.1 Å². The molecular formula is C22H18N4O4S2. The molecule has 0 radical (unpaired) electrons. The number of benzene rings is 2. The Hall–Kier alpha value is -3.63. The van der Waals surface area contributed by atoms with Gasteiger partial charge in [-0.2, -0.15) is 0 Å². The molecule has 10 heteroatoms. The fourth-order valence-electron chi connectivity index (χ4n) is 2.83. The van der Waals surface area contributed by atoms with E-state index in [1.54, 1.807) is 23.5 Å². The smallest absolute Gasteiger partial charge is 0.358 e. The molecule has 0 bridgehead atoms. The molecule has 162 valence electrons. The first-order chi connectivity index (χ1) is 15.4. The van der Waals surface area contributed by atoms with Gasteiger partial charge in [-0.05, 0) is 48.9 Å². The van der Waals surface area contributed by atoms with Gasteiger partial charge in [0.05, 0.1) is 10.2 Å². The number of esters is 1. The van der Waals surface area contributed by atoms with Crippen molar-refractivity contribution in [1.29, 1.82) is 0 Å². The number of hydrogen-bond donors (Lipinski definition) is 2. The molecule has 0 saturated heterocycles. The number of amides is 2. The summed E-state index contributed by atoms with van der Waals surface area (Å²) in [6.07, 6.45) is 0. The number of carbonyl (C=O) groups is 3. The summed E-state index contributed by atoms with van der Waals surface area (Å²) < 4.78 is 6.12. The first kappa shape index (κ1) is 21.6. The van der Waals surface area contributed by atoms with Crippen LogP contribution in [0.2, 0.25) is 0 Å². The minimum absolute atomic E-state index is 0.0296. The summed E-state index contributed by atoms with van der Waals surface area (Å²) >= 11 is 2.71. The molecule has 8 nitrogen and oxygen atoms in total. The van der Waals surface area contributed by atoms with Crippen molar-refractivity contribution in [2.45, 2.75) is 13.8 Å². The summed E-state index contributed by atoms with van der Waals surface area (Å²) in [5, 5.41) is 7.81. The lowest BCUT2D eigenvalue weighted by Crippen LogP contribution is -2.21. The fraction of sp³-hybridized carbons (Fsp3) is 0.136. The minimum atomic E-state index is -0.741. The normalized spacial score (nSPS) is 10.7. The second kappa shape index (κ2) is 9.25. The molecule has 2 heterocycles. The Kier molecular flexibility index (Phi) is 6.24. The second-order valence-corrected chi connectivity index (χ2v) is 8.80. The molecule has 0 aliphatic rings. The van der Waals surface area contributed by atoms with E-state index in [9.17, 15) is 14.4 Å². The zero-order chi connectivity index (χ0) is 22.7. The number of nitrogens with zero attached hydrogens (tertiary/aromatic N) is 2. The second-order valence-electron chi connectivity index (χ2n) is 6.91. The van der Waals surface area contributed by atoms with Crippen molar-refractivity contribution in [2.75, 3.05) is 17.2 Å². The van der Waals surface area contributed by atoms with Gasteiger partial charge in [-0.3, -0.25) is 9.59 Å². The Labute approximate surface area is 191 Å². The molecule has 2 N–H and O–H groups in total. The quantitative estimate of drug-likeness (QED) is 0.405. The van der Waals surface area contributed by atoms with Crippen LogP contribution in [0.15, 0.2) is 47.8 Å². The maximum Gasteiger partial charge on any atom is 0.358 e. The van der Waals surface area contributed by atoms with Gasteiger partial charge in [-0.1, -0.05) is 6.07 Å². The van der Waals surface area contributed by atoms with Crippen LogP contribution in [-0.4, -0.2) is 34.4 Å². The maximum absolute atomic E-state index is 12.1. The fourth-order valence-corrected chi connectivity index (χ4v) is 4.62. The number of anilines is 2. The van der Waals surface area contributed by atoms with Gasteiger partial charge in [-0.15, -0.1) is 22.7 Å². The number of hydrogen-bond acceptors (Lipinski definition) is 8. The van der Waals surface area contributed by atoms with Crippen LogP contribution < -0.4 is 10.6 Å². The highest BCUT2D eigenvalue weighted by Crippen LogP contribution is 2.31. The van der Waals surface area contributed by atoms with E-state index in [1.165, 1.54) is 17.9 Å². The van der Waals surface area contributed by atoms with Crippen LogP contribution in [0.4, 0.5) is 10.8 Å². The van der Waals surface area contributed by atoms with Gasteiger partial charge in [0, 0.05) is 23.6 Å². The van der Waals surface area contributed by atoms with Gasteiger partial charge >= 0.3 is 5.97 Å². The van der Waals surface area contributed by atoms with Crippen LogP contribution in [0.1, 0.15) is 23.0 Å². The number of ether oxygens (including phenoxy) is 1. The average Bonchev–Trinajstić information content (AvgIpc) is 3.39. The van der Waals surface area contributed by atoms with Crippen molar-refractivity contribution in [3.8, 4) is 10.6 Å². The molecule has 0 atom stereocenters. The number of nitrogens with one attached hydrogen (secondary N) is 2. The molecule has 0 spiro atoms. The lowest BCUT2D eigenvalue weighted by atomic mass is 10.2. The Morgan fingerprint density at radius 1 is 1.03 bits per heavy atom. The van der Waals surface area contributed by atoms with Gasteiger partial charge in [-0.25, -0.2) is 14.8 Å². The number of aromatic nitrogens is 2. The van der Waals surface area contributed by atoms with Gasteiger partial charge < -0.3 is 15.4 Å². The van der Waals surface area contributed by atoms with Crippen LogP contribution in [0.5, 0.6) is 0 Å². The van der Waals surface area contributed by atoms with E-state index in [0.717, 1.165) is 32.1 Å². The number of aryl methyl sites for hydroxylation is 1. The summed E-state index contributed by atoms with van der Waals surface area (Å²) in [5.74, 6) is -1.50. The monoisotopic (exact) mass is 466 g/mol. The number of rotatable bonds is 6. The Balaban J connectivity index is 1.32. The molecule has 2 aromatic carbocycles.